The van der Waals surface area contributed by atoms with Crippen molar-refractivity contribution in [2.24, 2.45) is 11.7 Å². The molecule has 1 fully saturated rings. The lowest BCUT2D eigenvalue weighted by atomic mass is 9.97. The Bertz CT molecular complexity index is 1270. The molecule has 2 N–H and O–H groups in total. The van der Waals surface area contributed by atoms with Gasteiger partial charge in [-0.2, -0.15) is 13.2 Å². The minimum atomic E-state index is -4.46. The van der Waals surface area contributed by atoms with Crippen LogP contribution in [0.25, 0.3) is 10.9 Å². The summed E-state index contributed by atoms with van der Waals surface area (Å²) < 4.78 is 41.3. The Labute approximate surface area is 199 Å². The molecule has 1 atom stereocenters. The number of amides is 1. The first-order valence-corrected chi connectivity index (χ1v) is 12.3. The summed E-state index contributed by atoms with van der Waals surface area (Å²) in [6, 6.07) is 12.7. The summed E-state index contributed by atoms with van der Waals surface area (Å²) >= 11 is 1.53. The molecule has 0 spiro atoms. The van der Waals surface area contributed by atoms with Gasteiger partial charge in [0.2, 0.25) is 5.91 Å². The zero-order valence-corrected chi connectivity index (χ0v) is 19.6. The predicted molar refractivity (Wildman–Crippen MR) is 128 cm³/mol. The van der Waals surface area contributed by atoms with Gasteiger partial charge in [-0.15, -0.1) is 11.8 Å². The second-order valence-corrected chi connectivity index (χ2v) is 9.54. The van der Waals surface area contributed by atoms with Gasteiger partial charge in [0.25, 0.3) is 5.56 Å². The molecule has 1 aliphatic heterocycles. The van der Waals surface area contributed by atoms with Gasteiger partial charge in [-0.25, -0.2) is 0 Å². The van der Waals surface area contributed by atoms with E-state index in [1.165, 1.54) is 17.8 Å². The molecule has 34 heavy (non-hydrogen) atoms. The first-order chi connectivity index (χ1) is 16.2. The molecule has 0 unspecified atom stereocenters. The van der Waals surface area contributed by atoms with Crippen molar-refractivity contribution in [3.63, 3.8) is 0 Å². The van der Waals surface area contributed by atoms with E-state index in [-0.39, 0.29) is 23.9 Å². The SMILES string of the molecule is CSc1ccc2cc(CN3CCC[C@H](C(N)=O)C3)c(=O)n(Cc3cccc(C(F)(F)F)c3)c2c1. The summed E-state index contributed by atoms with van der Waals surface area (Å²) in [6.07, 6.45) is -0.976. The number of halogens is 3. The quantitative estimate of drug-likeness (QED) is 0.518. The standard InChI is InChI=1S/C25H26F3N3O2S/c1-34-21-8-7-17-11-19(15-30-9-3-5-18(14-30)23(29)32)24(33)31(22(17)12-21)13-16-4-2-6-20(10-16)25(26,27)28/h2,4,6-8,10-12,18H,3,5,9,13-15H2,1H3,(H2,29,32)/t18-/m0/s1. The van der Waals surface area contributed by atoms with Crippen LogP contribution in [0.1, 0.15) is 29.5 Å². The Morgan fingerprint density at radius 2 is 1.94 bits per heavy atom. The molecule has 9 heteroatoms. The maximum absolute atomic E-state index is 13.6. The van der Waals surface area contributed by atoms with Crippen LogP contribution in [0.3, 0.4) is 0 Å². The first kappa shape index (κ1) is 24.3. The fraction of sp³-hybridized carbons (Fsp3) is 0.360. The Morgan fingerprint density at radius 3 is 2.65 bits per heavy atom. The van der Waals surface area contributed by atoms with Crippen molar-refractivity contribution >= 4 is 28.6 Å². The molecular weight excluding hydrogens is 463 g/mol. The highest BCUT2D eigenvalue weighted by atomic mass is 32.2. The largest absolute Gasteiger partial charge is 0.416 e. The molecule has 5 nitrogen and oxygen atoms in total. The molecule has 1 aromatic heterocycles. The van der Waals surface area contributed by atoms with E-state index in [1.807, 2.05) is 35.4 Å². The number of aromatic nitrogens is 1. The van der Waals surface area contributed by atoms with Crippen LogP contribution < -0.4 is 11.3 Å². The summed E-state index contributed by atoms with van der Waals surface area (Å²) in [5.74, 6) is -0.583. The van der Waals surface area contributed by atoms with E-state index in [0.29, 0.717) is 29.7 Å². The Hall–Kier alpha value is -2.78. The summed E-state index contributed by atoms with van der Waals surface area (Å²) in [4.78, 5) is 28.2. The summed E-state index contributed by atoms with van der Waals surface area (Å²) in [5.41, 5.74) is 6.12. The third-order valence-corrected chi connectivity index (χ3v) is 7.00. The Morgan fingerprint density at radius 1 is 1.15 bits per heavy atom. The van der Waals surface area contributed by atoms with Crippen LogP contribution in [0.15, 0.2) is 58.2 Å². The van der Waals surface area contributed by atoms with Crippen LogP contribution in [0.2, 0.25) is 0 Å². The van der Waals surface area contributed by atoms with Gasteiger partial charge in [0, 0.05) is 23.5 Å². The number of pyridine rings is 1. The number of benzene rings is 2. The Balaban J connectivity index is 1.76. The number of hydrogen-bond acceptors (Lipinski definition) is 4. The molecule has 4 rings (SSSR count). The minimum Gasteiger partial charge on any atom is -0.369 e. The molecule has 1 aliphatic rings. The van der Waals surface area contributed by atoms with Crippen molar-refractivity contribution in [1.82, 2.24) is 9.47 Å². The molecule has 0 aliphatic carbocycles. The fourth-order valence-corrected chi connectivity index (χ4v) is 4.94. The van der Waals surface area contributed by atoms with Crippen LogP contribution in [-0.4, -0.2) is 34.7 Å². The molecule has 1 amide bonds. The van der Waals surface area contributed by atoms with Crippen molar-refractivity contribution in [2.75, 3.05) is 19.3 Å². The lowest BCUT2D eigenvalue weighted by Crippen LogP contribution is -2.41. The zero-order chi connectivity index (χ0) is 24.5. The highest BCUT2D eigenvalue weighted by Crippen LogP contribution is 2.30. The summed E-state index contributed by atoms with van der Waals surface area (Å²) in [7, 11) is 0. The molecule has 0 saturated carbocycles. The number of nitrogens with two attached hydrogens (primary N) is 1. The van der Waals surface area contributed by atoms with E-state index in [4.69, 9.17) is 5.73 Å². The number of rotatable bonds is 6. The minimum absolute atomic E-state index is 0.0227. The van der Waals surface area contributed by atoms with E-state index in [1.54, 1.807) is 10.6 Å². The predicted octanol–water partition coefficient (Wildman–Crippen LogP) is 4.49. The number of thioether (sulfide) groups is 1. The van der Waals surface area contributed by atoms with E-state index in [9.17, 15) is 22.8 Å². The Kier molecular flexibility index (Phi) is 7.04. The maximum atomic E-state index is 13.6. The van der Waals surface area contributed by atoms with Crippen molar-refractivity contribution in [2.45, 2.75) is 37.0 Å². The van der Waals surface area contributed by atoms with Crippen LogP contribution in [-0.2, 0) is 24.1 Å². The van der Waals surface area contributed by atoms with Crippen molar-refractivity contribution in [3.05, 3.63) is 75.6 Å². The molecule has 2 heterocycles. The van der Waals surface area contributed by atoms with Crippen molar-refractivity contribution in [3.8, 4) is 0 Å². The van der Waals surface area contributed by atoms with E-state index in [2.05, 4.69) is 0 Å². The molecule has 0 bridgehead atoms. The van der Waals surface area contributed by atoms with Gasteiger partial charge in [0.15, 0.2) is 0 Å². The van der Waals surface area contributed by atoms with Crippen LogP contribution in [0.4, 0.5) is 13.2 Å². The van der Waals surface area contributed by atoms with Gasteiger partial charge in [-0.05, 0) is 66.9 Å². The van der Waals surface area contributed by atoms with E-state index < -0.39 is 11.7 Å². The smallest absolute Gasteiger partial charge is 0.369 e. The van der Waals surface area contributed by atoms with Gasteiger partial charge in [0.05, 0.1) is 23.5 Å². The molecular formula is C25H26F3N3O2S. The molecule has 3 aromatic rings. The highest BCUT2D eigenvalue weighted by Gasteiger charge is 2.30. The first-order valence-electron chi connectivity index (χ1n) is 11.0. The lowest BCUT2D eigenvalue weighted by molar-refractivity contribution is -0.137. The molecule has 180 valence electrons. The highest BCUT2D eigenvalue weighted by molar-refractivity contribution is 7.98. The van der Waals surface area contributed by atoms with E-state index >= 15 is 0 Å². The number of alkyl halides is 3. The average Bonchev–Trinajstić information content (AvgIpc) is 2.81. The van der Waals surface area contributed by atoms with Gasteiger partial charge in [-0.1, -0.05) is 18.2 Å². The normalized spacial score (nSPS) is 17.2. The van der Waals surface area contributed by atoms with Crippen LogP contribution in [0.5, 0.6) is 0 Å². The van der Waals surface area contributed by atoms with Gasteiger partial charge in [-0.3, -0.25) is 14.5 Å². The zero-order valence-electron chi connectivity index (χ0n) is 18.8. The molecule has 1 saturated heterocycles. The monoisotopic (exact) mass is 489 g/mol. The van der Waals surface area contributed by atoms with Crippen LogP contribution in [0, 0.1) is 5.92 Å². The maximum Gasteiger partial charge on any atom is 0.416 e. The number of carbonyl (C=O) groups is 1. The van der Waals surface area contributed by atoms with E-state index in [0.717, 1.165) is 41.8 Å². The number of primary amides is 1. The molecule has 2 aromatic carbocycles. The van der Waals surface area contributed by atoms with Gasteiger partial charge < -0.3 is 10.3 Å². The number of carbonyl (C=O) groups excluding carboxylic acids is 1. The second kappa shape index (κ2) is 9.84. The number of hydrogen-bond donors (Lipinski definition) is 1. The number of fused-ring (bicyclic) bond motifs is 1. The third kappa shape index (κ3) is 5.31. The molecule has 0 radical (unpaired) electrons. The third-order valence-electron chi connectivity index (χ3n) is 6.27. The summed E-state index contributed by atoms with van der Waals surface area (Å²) in [5, 5.41) is 0.836. The summed E-state index contributed by atoms with van der Waals surface area (Å²) in [6.45, 7) is 1.62. The second-order valence-electron chi connectivity index (χ2n) is 8.66. The topological polar surface area (TPSA) is 68.3 Å². The van der Waals surface area contributed by atoms with Crippen molar-refractivity contribution < 1.29 is 18.0 Å². The van der Waals surface area contributed by atoms with Gasteiger partial charge >= 0.3 is 6.18 Å². The number of likely N-dealkylation sites (tertiary alicyclic amines) is 1. The number of piperidine rings is 1. The average molecular weight is 490 g/mol. The lowest BCUT2D eigenvalue weighted by Gasteiger charge is -2.31. The number of nitrogens with zero attached hydrogens (tertiary/aromatic N) is 2. The van der Waals surface area contributed by atoms with Crippen LogP contribution >= 0.6 is 11.8 Å². The van der Waals surface area contributed by atoms with Crippen molar-refractivity contribution in [1.29, 1.82) is 0 Å². The van der Waals surface area contributed by atoms with Gasteiger partial charge in [0.1, 0.15) is 0 Å². The fourth-order valence-electron chi connectivity index (χ4n) is 4.51.